The number of furan rings is 1. The van der Waals surface area contributed by atoms with Gasteiger partial charge in [-0.05, 0) is 37.8 Å². The van der Waals surface area contributed by atoms with Gasteiger partial charge in [-0.15, -0.1) is 0 Å². The number of ether oxygens (including phenoxy) is 1. The number of hydrogen-bond acceptors (Lipinski definition) is 6. The van der Waals surface area contributed by atoms with Crippen molar-refractivity contribution in [1.82, 2.24) is 4.72 Å². The largest absolute Gasteiger partial charge is 0.460 e. The van der Waals surface area contributed by atoms with Gasteiger partial charge in [-0.25, -0.2) is 17.9 Å². The summed E-state index contributed by atoms with van der Waals surface area (Å²) in [5.74, 6) is -0.538. The quantitative estimate of drug-likeness (QED) is 0.708. The van der Waals surface area contributed by atoms with Gasteiger partial charge in [0.05, 0.1) is 6.61 Å². The molecular weight excluding hydrogens is 284 g/mol. The predicted molar refractivity (Wildman–Crippen MR) is 70.6 cm³/mol. The summed E-state index contributed by atoms with van der Waals surface area (Å²) in [5, 5.41) is -0.306. The van der Waals surface area contributed by atoms with E-state index in [0.717, 1.165) is 12.8 Å². The lowest BCUT2D eigenvalue weighted by molar-refractivity contribution is 0.0484. The van der Waals surface area contributed by atoms with Gasteiger partial charge in [-0.2, -0.15) is 0 Å². The summed E-state index contributed by atoms with van der Waals surface area (Å²) in [7, 11) is -3.81. The molecule has 3 N–H and O–H groups in total. The average molecular weight is 302 g/mol. The van der Waals surface area contributed by atoms with Crippen LogP contribution >= 0.6 is 0 Å². The Bertz CT molecular complexity index is 576. The highest BCUT2D eigenvalue weighted by Crippen LogP contribution is 2.33. The Morgan fingerprint density at radius 1 is 1.55 bits per heavy atom. The zero-order valence-corrected chi connectivity index (χ0v) is 12.0. The Morgan fingerprint density at radius 3 is 2.80 bits per heavy atom. The number of carbonyl (C=O) groups excluding carboxylic acids is 1. The van der Waals surface area contributed by atoms with Crippen LogP contribution in [-0.2, 0) is 14.8 Å². The molecule has 1 heterocycles. The fraction of sp³-hybridized carbons (Fsp3) is 0.583. The van der Waals surface area contributed by atoms with Crippen LogP contribution in [0.25, 0.3) is 0 Å². The van der Waals surface area contributed by atoms with Crippen LogP contribution < -0.4 is 10.5 Å². The Labute approximate surface area is 117 Å². The zero-order valence-electron chi connectivity index (χ0n) is 11.2. The molecule has 20 heavy (non-hydrogen) atoms. The van der Waals surface area contributed by atoms with Crippen molar-refractivity contribution in [3.05, 3.63) is 17.9 Å². The van der Waals surface area contributed by atoms with Crippen LogP contribution in [0.5, 0.6) is 0 Å². The summed E-state index contributed by atoms with van der Waals surface area (Å²) in [4.78, 5) is 11.4. The van der Waals surface area contributed by atoms with Gasteiger partial charge in [0.2, 0.25) is 10.9 Å². The second kappa shape index (κ2) is 5.94. The number of esters is 1. The molecule has 1 fully saturated rings. The van der Waals surface area contributed by atoms with Gasteiger partial charge in [0, 0.05) is 12.6 Å². The molecule has 0 bridgehead atoms. The average Bonchev–Trinajstić information content (AvgIpc) is 3.11. The number of nitrogens with two attached hydrogens (primary N) is 1. The van der Waals surface area contributed by atoms with Crippen LogP contribution in [0.15, 0.2) is 21.6 Å². The molecule has 1 aromatic rings. The summed E-state index contributed by atoms with van der Waals surface area (Å²) in [5.41, 5.74) is 5.56. The van der Waals surface area contributed by atoms with E-state index in [0.29, 0.717) is 0 Å². The first-order valence-corrected chi connectivity index (χ1v) is 7.95. The lowest BCUT2D eigenvalue weighted by atomic mass is 10.2. The molecule has 0 spiro atoms. The van der Waals surface area contributed by atoms with Crippen LogP contribution in [0.2, 0.25) is 0 Å². The lowest BCUT2D eigenvalue weighted by Gasteiger charge is -2.14. The number of nitrogens with one attached hydrogen (secondary N) is 1. The molecule has 0 radical (unpaired) electrons. The molecule has 1 unspecified atom stereocenters. The maximum atomic E-state index is 12.1. The summed E-state index contributed by atoms with van der Waals surface area (Å²) < 4.78 is 36.5. The lowest BCUT2D eigenvalue weighted by Crippen LogP contribution is -2.41. The number of carbonyl (C=O) groups is 1. The van der Waals surface area contributed by atoms with E-state index in [9.17, 15) is 13.2 Å². The van der Waals surface area contributed by atoms with Crippen LogP contribution in [-0.4, -0.2) is 33.6 Å². The Hall–Kier alpha value is -1.38. The van der Waals surface area contributed by atoms with Gasteiger partial charge in [0.15, 0.2) is 0 Å². The van der Waals surface area contributed by atoms with E-state index in [1.807, 2.05) is 0 Å². The first-order valence-electron chi connectivity index (χ1n) is 6.47. The fourth-order valence-electron chi connectivity index (χ4n) is 1.87. The van der Waals surface area contributed by atoms with Crippen LogP contribution in [0.1, 0.15) is 30.3 Å². The van der Waals surface area contributed by atoms with Gasteiger partial charge < -0.3 is 14.9 Å². The van der Waals surface area contributed by atoms with Gasteiger partial charge in [0.1, 0.15) is 0 Å². The molecule has 0 aliphatic heterocycles. The van der Waals surface area contributed by atoms with Crippen LogP contribution in [0.3, 0.4) is 0 Å². The third-order valence-corrected chi connectivity index (χ3v) is 4.44. The summed E-state index contributed by atoms with van der Waals surface area (Å²) in [6.07, 6.45) is 1.94. The van der Waals surface area contributed by atoms with Gasteiger partial charge >= 0.3 is 5.97 Å². The molecule has 1 aliphatic carbocycles. The van der Waals surface area contributed by atoms with E-state index in [-0.39, 0.29) is 36.0 Å². The van der Waals surface area contributed by atoms with Crippen molar-refractivity contribution in [2.45, 2.75) is 30.9 Å². The van der Waals surface area contributed by atoms with Crippen molar-refractivity contribution in [2.75, 3.05) is 13.2 Å². The number of hydrogen-bond donors (Lipinski definition) is 2. The fourth-order valence-corrected chi connectivity index (χ4v) is 3.12. The van der Waals surface area contributed by atoms with E-state index < -0.39 is 16.0 Å². The van der Waals surface area contributed by atoms with Crippen molar-refractivity contribution < 1.29 is 22.4 Å². The summed E-state index contributed by atoms with van der Waals surface area (Å²) in [6, 6.07) is 2.21. The summed E-state index contributed by atoms with van der Waals surface area (Å²) >= 11 is 0. The van der Waals surface area contributed by atoms with Crippen molar-refractivity contribution in [1.29, 1.82) is 0 Å². The molecule has 0 aromatic carbocycles. The highest BCUT2D eigenvalue weighted by Gasteiger charge is 2.34. The van der Waals surface area contributed by atoms with Crippen LogP contribution in [0, 0.1) is 5.92 Å². The molecule has 1 atom stereocenters. The summed E-state index contributed by atoms with van der Waals surface area (Å²) in [6.45, 7) is 2.08. The topological polar surface area (TPSA) is 112 Å². The third-order valence-electron chi connectivity index (χ3n) is 3.07. The van der Waals surface area contributed by atoms with E-state index in [4.69, 9.17) is 14.9 Å². The number of sulfonamides is 1. The van der Waals surface area contributed by atoms with E-state index in [1.165, 1.54) is 12.1 Å². The second-order valence-electron chi connectivity index (χ2n) is 4.64. The third kappa shape index (κ3) is 3.38. The van der Waals surface area contributed by atoms with E-state index in [1.54, 1.807) is 6.92 Å². The molecule has 8 heteroatoms. The first kappa shape index (κ1) is 15.0. The maximum Gasteiger partial charge on any atom is 0.374 e. The Balaban J connectivity index is 2.11. The Kier molecular flexibility index (Phi) is 4.46. The molecule has 1 aliphatic rings. The highest BCUT2D eigenvalue weighted by molar-refractivity contribution is 7.89. The van der Waals surface area contributed by atoms with Crippen molar-refractivity contribution in [3.63, 3.8) is 0 Å². The number of rotatable bonds is 7. The Morgan fingerprint density at radius 2 is 2.25 bits per heavy atom. The monoisotopic (exact) mass is 302 g/mol. The molecular formula is C12H18N2O5S. The highest BCUT2D eigenvalue weighted by atomic mass is 32.2. The van der Waals surface area contributed by atoms with Gasteiger partial charge in [0.25, 0.3) is 10.0 Å². The zero-order chi connectivity index (χ0) is 14.8. The first-order chi connectivity index (χ1) is 9.47. The smallest absolute Gasteiger partial charge is 0.374 e. The van der Waals surface area contributed by atoms with Gasteiger partial charge in [-0.3, -0.25) is 0 Å². The SMILES string of the molecule is CCOC(=O)c1ccc(S(=O)(=O)NC(CN)C2CC2)o1. The second-order valence-corrected chi connectivity index (χ2v) is 6.29. The normalized spacial score (nSPS) is 16.9. The molecule has 1 aromatic heterocycles. The molecule has 0 saturated heterocycles. The van der Waals surface area contributed by atoms with Crippen molar-refractivity contribution in [3.8, 4) is 0 Å². The van der Waals surface area contributed by atoms with Gasteiger partial charge in [-0.1, -0.05) is 0 Å². The maximum absolute atomic E-state index is 12.1. The standard InChI is InChI=1S/C12H18N2O5S/c1-2-18-12(15)10-5-6-11(19-10)20(16,17)14-9(7-13)8-3-4-8/h5-6,8-9,14H,2-4,7,13H2,1H3. The molecule has 112 valence electrons. The minimum atomic E-state index is -3.81. The molecule has 2 rings (SSSR count). The van der Waals surface area contributed by atoms with Crippen molar-refractivity contribution in [2.24, 2.45) is 11.7 Å². The van der Waals surface area contributed by atoms with E-state index >= 15 is 0 Å². The minimum Gasteiger partial charge on any atom is -0.460 e. The van der Waals surface area contributed by atoms with Crippen LogP contribution in [0.4, 0.5) is 0 Å². The molecule has 1 saturated carbocycles. The van der Waals surface area contributed by atoms with E-state index in [2.05, 4.69) is 4.72 Å². The molecule has 7 nitrogen and oxygen atoms in total. The van der Waals surface area contributed by atoms with Crippen molar-refractivity contribution >= 4 is 16.0 Å². The molecule has 0 amide bonds. The minimum absolute atomic E-state index is 0.136. The predicted octanol–water partition coefficient (Wildman–Crippen LogP) is 0.472.